The molecule has 3 rings (SSSR count). The summed E-state index contributed by atoms with van der Waals surface area (Å²) in [5, 5.41) is 13.3. The summed E-state index contributed by atoms with van der Waals surface area (Å²) in [7, 11) is 1.75. The molecule has 0 aliphatic rings. The zero-order chi connectivity index (χ0) is 20.1. The molecule has 3 amide bonds. The van der Waals surface area contributed by atoms with Crippen molar-refractivity contribution in [1.29, 1.82) is 0 Å². The monoisotopic (exact) mass is 436 g/mol. The van der Waals surface area contributed by atoms with Crippen molar-refractivity contribution in [2.75, 3.05) is 28.3 Å². The molecular formula is C17H14Cl2N6O2S. The van der Waals surface area contributed by atoms with Gasteiger partial charge in [0.05, 0.1) is 21.9 Å². The molecular weight excluding hydrogens is 423 g/mol. The summed E-state index contributed by atoms with van der Waals surface area (Å²) in [6.45, 7) is 0. The fourth-order valence-electron chi connectivity index (χ4n) is 2.08. The number of amides is 3. The highest BCUT2D eigenvalue weighted by atomic mass is 35.5. The molecule has 0 aliphatic heterocycles. The number of urea groups is 1. The second kappa shape index (κ2) is 8.87. The molecule has 0 fully saturated rings. The van der Waals surface area contributed by atoms with Gasteiger partial charge in [0.25, 0.3) is 5.91 Å². The predicted molar refractivity (Wildman–Crippen MR) is 113 cm³/mol. The smallest absolute Gasteiger partial charge is 0.325 e. The van der Waals surface area contributed by atoms with Gasteiger partial charge in [-0.3, -0.25) is 10.1 Å². The van der Waals surface area contributed by atoms with Crippen LogP contribution in [0.2, 0.25) is 10.0 Å². The molecule has 8 nitrogen and oxygen atoms in total. The highest BCUT2D eigenvalue weighted by Gasteiger charge is 2.13. The zero-order valence-corrected chi connectivity index (χ0v) is 16.7. The van der Waals surface area contributed by atoms with E-state index in [0.29, 0.717) is 27.2 Å². The molecule has 0 saturated heterocycles. The third-order valence-corrected chi connectivity index (χ3v) is 4.91. The summed E-state index contributed by atoms with van der Waals surface area (Å²) in [5.74, 6) is 0.277. The van der Waals surface area contributed by atoms with Crippen molar-refractivity contribution in [2.45, 2.75) is 0 Å². The molecule has 2 heterocycles. The molecule has 28 heavy (non-hydrogen) atoms. The Bertz CT molecular complexity index is 1010. The molecule has 0 unspecified atom stereocenters. The number of halogens is 2. The molecule has 0 atom stereocenters. The van der Waals surface area contributed by atoms with E-state index >= 15 is 0 Å². The second-order valence-electron chi connectivity index (χ2n) is 5.38. The lowest BCUT2D eigenvalue weighted by Gasteiger charge is -2.06. The Balaban J connectivity index is 1.58. The molecule has 0 radical (unpaired) electrons. The number of thiazole rings is 1. The number of pyridine rings is 1. The lowest BCUT2D eigenvalue weighted by Crippen LogP contribution is -2.19. The van der Waals surface area contributed by atoms with Crippen LogP contribution in [-0.2, 0) is 0 Å². The fourth-order valence-corrected chi connectivity index (χ4v) is 3.06. The van der Waals surface area contributed by atoms with Gasteiger partial charge in [-0.05, 0) is 30.3 Å². The number of hydrogen-bond acceptors (Lipinski definition) is 6. The van der Waals surface area contributed by atoms with E-state index in [9.17, 15) is 9.59 Å². The minimum atomic E-state index is -0.522. The molecule has 1 aromatic carbocycles. The number of nitrogens with zero attached hydrogens (tertiary/aromatic N) is 2. The number of carbonyl (C=O) groups excluding carboxylic acids is 2. The highest BCUT2D eigenvalue weighted by Crippen LogP contribution is 2.25. The van der Waals surface area contributed by atoms with Gasteiger partial charge in [-0.1, -0.05) is 23.2 Å². The van der Waals surface area contributed by atoms with Crippen LogP contribution in [0, 0.1) is 0 Å². The summed E-state index contributed by atoms with van der Waals surface area (Å²) in [4.78, 5) is 32.5. The van der Waals surface area contributed by atoms with Gasteiger partial charge in [0.2, 0.25) is 0 Å². The largest absolute Gasteiger partial charge is 0.373 e. The van der Waals surface area contributed by atoms with E-state index in [1.807, 2.05) is 0 Å². The maximum absolute atomic E-state index is 12.3. The number of benzene rings is 1. The SMILES string of the molecule is CNc1ccc(NC(=O)c2csc(NC(=O)Nc3ccc(Cl)c(Cl)c3)n2)cn1. The van der Waals surface area contributed by atoms with Crippen LogP contribution in [0.5, 0.6) is 0 Å². The van der Waals surface area contributed by atoms with Crippen molar-refractivity contribution in [2.24, 2.45) is 0 Å². The third-order valence-electron chi connectivity index (χ3n) is 3.41. The number of hydrogen-bond donors (Lipinski definition) is 4. The van der Waals surface area contributed by atoms with Crippen molar-refractivity contribution >= 4 is 68.8 Å². The van der Waals surface area contributed by atoms with Crippen molar-refractivity contribution in [3.05, 3.63) is 57.6 Å². The van der Waals surface area contributed by atoms with Gasteiger partial charge >= 0.3 is 6.03 Å². The first-order chi connectivity index (χ1) is 13.4. The van der Waals surface area contributed by atoms with Crippen LogP contribution in [-0.4, -0.2) is 29.0 Å². The van der Waals surface area contributed by atoms with E-state index in [1.54, 1.807) is 36.7 Å². The van der Waals surface area contributed by atoms with Crippen molar-refractivity contribution in [3.63, 3.8) is 0 Å². The first-order valence-corrected chi connectivity index (χ1v) is 9.52. The van der Waals surface area contributed by atoms with Crippen LogP contribution < -0.4 is 21.3 Å². The zero-order valence-electron chi connectivity index (χ0n) is 14.4. The lowest BCUT2D eigenvalue weighted by atomic mass is 10.3. The third kappa shape index (κ3) is 5.10. The highest BCUT2D eigenvalue weighted by molar-refractivity contribution is 7.14. The Morgan fingerprint density at radius 3 is 2.46 bits per heavy atom. The fraction of sp³-hybridized carbons (Fsp3) is 0.0588. The number of carbonyl (C=O) groups is 2. The molecule has 2 aromatic heterocycles. The van der Waals surface area contributed by atoms with Gasteiger partial charge in [-0.2, -0.15) is 0 Å². The van der Waals surface area contributed by atoms with E-state index < -0.39 is 11.9 Å². The lowest BCUT2D eigenvalue weighted by molar-refractivity contribution is 0.102. The first kappa shape index (κ1) is 19.9. The summed E-state index contributed by atoms with van der Waals surface area (Å²) in [6.07, 6.45) is 1.53. The Morgan fingerprint density at radius 2 is 1.79 bits per heavy atom. The normalized spacial score (nSPS) is 10.2. The number of nitrogens with one attached hydrogen (secondary N) is 4. The summed E-state index contributed by atoms with van der Waals surface area (Å²) in [5.41, 5.74) is 1.18. The Labute approximate surface area is 174 Å². The van der Waals surface area contributed by atoms with Gasteiger partial charge in [-0.25, -0.2) is 14.8 Å². The van der Waals surface area contributed by atoms with Crippen LogP contribution in [0.1, 0.15) is 10.5 Å². The standard InChI is InChI=1S/C17H14Cl2N6O2S/c1-20-14-5-3-10(7-21-14)22-15(26)13-8-28-17(24-13)25-16(27)23-9-2-4-11(18)12(19)6-9/h2-8H,1H3,(H,20,21)(H,22,26)(H2,23,24,25,27). The average Bonchev–Trinajstić information content (AvgIpc) is 3.14. The van der Waals surface area contributed by atoms with Crippen LogP contribution in [0.3, 0.4) is 0 Å². The quantitative estimate of drug-likeness (QED) is 0.459. The topological polar surface area (TPSA) is 108 Å². The molecule has 3 aromatic rings. The van der Waals surface area contributed by atoms with E-state index in [0.717, 1.165) is 11.3 Å². The van der Waals surface area contributed by atoms with Gasteiger partial charge in [0, 0.05) is 18.1 Å². The van der Waals surface area contributed by atoms with Crippen molar-refractivity contribution in [1.82, 2.24) is 9.97 Å². The molecule has 11 heteroatoms. The van der Waals surface area contributed by atoms with Crippen molar-refractivity contribution in [3.8, 4) is 0 Å². The van der Waals surface area contributed by atoms with Crippen LogP contribution in [0.25, 0.3) is 0 Å². The van der Waals surface area contributed by atoms with E-state index in [1.165, 1.54) is 12.3 Å². The molecule has 0 saturated carbocycles. The first-order valence-electron chi connectivity index (χ1n) is 7.88. The Hall–Kier alpha value is -2.88. The van der Waals surface area contributed by atoms with Crippen LogP contribution in [0.4, 0.5) is 27.1 Å². The van der Waals surface area contributed by atoms with Crippen LogP contribution >= 0.6 is 34.5 Å². The van der Waals surface area contributed by atoms with Crippen LogP contribution in [0.15, 0.2) is 41.9 Å². The van der Waals surface area contributed by atoms with Gasteiger partial charge in [0.15, 0.2) is 5.13 Å². The minimum Gasteiger partial charge on any atom is -0.373 e. The predicted octanol–water partition coefficient (Wildman–Crippen LogP) is 4.78. The number of anilines is 4. The van der Waals surface area contributed by atoms with E-state index in [4.69, 9.17) is 23.2 Å². The number of rotatable bonds is 5. The Morgan fingerprint density at radius 1 is 1.00 bits per heavy atom. The molecule has 144 valence electrons. The Kier molecular flexibility index (Phi) is 6.30. The van der Waals surface area contributed by atoms with Gasteiger partial charge in [-0.15, -0.1) is 11.3 Å². The number of aromatic nitrogens is 2. The maximum atomic E-state index is 12.3. The minimum absolute atomic E-state index is 0.174. The maximum Gasteiger partial charge on any atom is 0.325 e. The van der Waals surface area contributed by atoms with Gasteiger partial charge < -0.3 is 16.0 Å². The van der Waals surface area contributed by atoms with Gasteiger partial charge in [0.1, 0.15) is 11.5 Å². The van der Waals surface area contributed by atoms with Crippen molar-refractivity contribution < 1.29 is 9.59 Å². The summed E-state index contributed by atoms with van der Waals surface area (Å²) < 4.78 is 0. The summed E-state index contributed by atoms with van der Waals surface area (Å²) in [6, 6.07) is 7.64. The summed E-state index contributed by atoms with van der Waals surface area (Å²) >= 11 is 12.9. The molecule has 0 bridgehead atoms. The second-order valence-corrected chi connectivity index (χ2v) is 7.05. The van der Waals surface area contributed by atoms with E-state index in [-0.39, 0.29) is 10.8 Å². The molecule has 0 aliphatic carbocycles. The van der Waals surface area contributed by atoms with E-state index in [2.05, 4.69) is 31.2 Å². The average molecular weight is 437 g/mol. The molecule has 0 spiro atoms. The molecule has 4 N–H and O–H groups in total.